The lowest BCUT2D eigenvalue weighted by molar-refractivity contribution is -0.385. The monoisotopic (exact) mass is 219 g/mol. The van der Waals surface area contributed by atoms with E-state index in [0.717, 1.165) is 6.07 Å². The van der Waals surface area contributed by atoms with Crippen LogP contribution in [0.2, 0.25) is 0 Å². The molecule has 76 valence electrons. The second-order valence-corrected chi connectivity index (χ2v) is 2.79. The molecule has 0 aliphatic rings. The molecule has 0 amide bonds. The van der Waals surface area contributed by atoms with Crippen LogP contribution in [-0.4, -0.2) is 17.4 Å². The van der Waals surface area contributed by atoms with Crippen molar-refractivity contribution >= 4 is 17.3 Å². The van der Waals surface area contributed by atoms with Gasteiger partial charge in [0.2, 0.25) is 0 Å². The summed E-state index contributed by atoms with van der Waals surface area (Å²) in [7, 11) is 0. The number of halogens is 2. The Kier molecular flexibility index (Phi) is 3.64. The molecule has 0 aromatic heterocycles. The van der Waals surface area contributed by atoms with E-state index in [1.165, 1.54) is 12.1 Å². The maximum Gasteiger partial charge on any atom is 0.272 e. The first-order chi connectivity index (χ1) is 6.65. The molecule has 0 aliphatic carbocycles. The number of non-ortho nitro benzene ring substituents is 1. The second-order valence-electron chi connectivity index (χ2n) is 2.41. The van der Waals surface area contributed by atoms with Gasteiger partial charge in [0.25, 0.3) is 5.69 Å². The Labute approximate surface area is 84.4 Å². The molecule has 0 spiro atoms. The van der Waals surface area contributed by atoms with Gasteiger partial charge in [-0.15, -0.1) is 11.6 Å². The summed E-state index contributed by atoms with van der Waals surface area (Å²) in [5.74, 6) is -0.559. The SMILES string of the molecule is O=[N+]([O-])c1ccc(OCCCl)c(F)c1. The number of rotatable bonds is 4. The average molecular weight is 220 g/mol. The number of hydrogen-bond acceptors (Lipinski definition) is 3. The zero-order valence-corrected chi connectivity index (χ0v) is 7.83. The summed E-state index contributed by atoms with van der Waals surface area (Å²) in [5.41, 5.74) is -0.305. The van der Waals surface area contributed by atoms with Crippen molar-refractivity contribution in [2.75, 3.05) is 12.5 Å². The molecule has 0 bridgehead atoms. The van der Waals surface area contributed by atoms with E-state index >= 15 is 0 Å². The number of nitro benzene ring substituents is 1. The van der Waals surface area contributed by atoms with E-state index in [1.54, 1.807) is 0 Å². The number of nitro groups is 1. The third-order valence-corrected chi connectivity index (χ3v) is 1.62. The summed E-state index contributed by atoms with van der Waals surface area (Å²) in [5, 5.41) is 10.3. The van der Waals surface area contributed by atoms with Crippen molar-refractivity contribution in [3.63, 3.8) is 0 Å². The number of nitrogens with zero attached hydrogens (tertiary/aromatic N) is 1. The first kappa shape index (κ1) is 10.7. The highest BCUT2D eigenvalue weighted by molar-refractivity contribution is 6.17. The first-order valence-electron chi connectivity index (χ1n) is 3.78. The van der Waals surface area contributed by atoms with Crippen molar-refractivity contribution in [3.8, 4) is 5.75 Å². The molecule has 0 heterocycles. The van der Waals surface area contributed by atoms with Gasteiger partial charge < -0.3 is 4.74 Å². The minimum atomic E-state index is -0.760. The van der Waals surface area contributed by atoms with E-state index in [9.17, 15) is 14.5 Å². The average Bonchev–Trinajstić information content (AvgIpc) is 2.15. The fourth-order valence-electron chi connectivity index (χ4n) is 0.869. The normalized spacial score (nSPS) is 9.86. The largest absolute Gasteiger partial charge is 0.489 e. The van der Waals surface area contributed by atoms with Crippen LogP contribution in [0.1, 0.15) is 0 Å². The zero-order valence-electron chi connectivity index (χ0n) is 7.07. The third kappa shape index (κ3) is 2.56. The van der Waals surface area contributed by atoms with E-state index in [0.29, 0.717) is 0 Å². The lowest BCUT2D eigenvalue weighted by Gasteiger charge is -2.03. The number of ether oxygens (including phenoxy) is 1. The lowest BCUT2D eigenvalue weighted by Crippen LogP contribution is -2.00. The summed E-state index contributed by atoms with van der Waals surface area (Å²) >= 11 is 5.33. The van der Waals surface area contributed by atoms with E-state index in [2.05, 4.69) is 0 Å². The fraction of sp³-hybridized carbons (Fsp3) is 0.250. The Morgan fingerprint density at radius 2 is 2.29 bits per heavy atom. The van der Waals surface area contributed by atoms with Crippen molar-refractivity contribution in [1.29, 1.82) is 0 Å². The Hall–Kier alpha value is -1.36. The quantitative estimate of drug-likeness (QED) is 0.444. The molecule has 0 atom stereocenters. The molecule has 0 saturated carbocycles. The Morgan fingerprint density at radius 1 is 1.57 bits per heavy atom. The van der Waals surface area contributed by atoms with Crippen LogP contribution >= 0.6 is 11.6 Å². The molecule has 0 saturated heterocycles. The summed E-state index contributed by atoms with van der Waals surface area (Å²) in [4.78, 5) is 9.58. The molecule has 4 nitrogen and oxygen atoms in total. The van der Waals surface area contributed by atoms with Crippen LogP contribution in [0, 0.1) is 15.9 Å². The van der Waals surface area contributed by atoms with Gasteiger partial charge in [-0.3, -0.25) is 10.1 Å². The van der Waals surface area contributed by atoms with Gasteiger partial charge in [0.1, 0.15) is 6.61 Å². The molecular formula is C8H7ClFNO3. The zero-order chi connectivity index (χ0) is 10.6. The van der Waals surface area contributed by atoms with Crippen molar-refractivity contribution in [1.82, 2.24) is 0 Å². The predicted molar refractivity (Wildman–Crippen MR) is 49.3 cm³/mol. The fourth-order valence-corrected chi connectivity index (χ4v) is 0.946. The Morgan fingerprint density at radius 3 is 2.79 bits per heavy atom. The van der Waals surface area contributed by atoms with Crippen molar-refractivity contribution in [2.45, 2.75) is 0 Å². The van der Waals surface area contributed by atoms with Crippen LogP contribution in [0.5, 0.6) is 5.75 Å². The van der Waals surface area contributed by atoms with Gasteiger partial charge in [0, 0.05) is 6.07 Å². The molecule has 0 unspecified atom stereocenters. The highest BCUT2D eigenvalue weighted by Gasteiger charge is 2.10. The van der Waals surface area contributed by atoms with Crippen LogP contribution in [0.15, 0.2) is 18.2 Å². The molecule has 1 rings (SSSR count). The van der Waals surface area contributed by atoms with Crippen LogP contribution in [-0.2, 0) is 0 Å². The van der Waals surface area contributed by atoms with Crippen LogP contribution in [0.4, 0.5) is 10.1 Å². The minimum Gasteiger partial charge on any atom is -0.489 e. The molecule has 0 aliphatic heterocycles. The van der Waals surface area contributed by atoms with Crippen LogP contribution < -0.4 is 4.74 Å². The molecule has 14 heavy (non-hydrogen) atoms. The molecule has 1 aromatic rings. The molecular weight excluding hydrogens is 213 g/mol. The lowest BCUT2D eigenvalue weighted by atomic mass is 10.3. The standard InChI is InChI=1S/C8H7ClFNO3/c9-3-4-14-8-2-1-6(11(12)13)5-7(8)10/h1-2,5H,3-4H2. The summed E-state index contributed by atoms with van der Waals surface area (Å²) in [6.45, 7) is 0.163. The molecule has 0 radical (unpaired) electrons. The van der Waals surface area contributed by atoms with Gasteiger partial charge in [-0.25, -0.2) is 4.39 Å². The van der Waals surface area contributed by atoms with Crippen molar-refractivity contribution < 1.29 is 14.1 Å². The highest BCUT2D eigenvalue weighted by atomic mass is 35.5. The number of benzene rings is 1. The maximum atomic E-state index is 13.1. The van der Waals surface area contributed by atoms with Gasteiger partial charge in [-0.05, 0) is 6.07 Å². The number of alkyl halides is 1. The molecule has 1 aromatic carbocycles. The van der Waals surface area contributed by atoms with E-state index < -0.39 is 10.7 Å². The molecule has 6 heteroatoms. The Balaban J connectivity index is 2.84. The van der Waals surface area contributed by atoms with E-state index in [1.807, 2.05) is 0 Å². The highest BCUT2D eigenvalue weighted by Crippen LogP contribution is 2.22. The maximum absolute atomic E-state index is 13.1. The predicted octanol–water partition coefficient (Wildman–Crippen LogP) is 2.35. The van der Waals surface area contributed by atoms with Gasteiger partial charge in [-0.2, -0.15) is 0 Å². The first-order valence-corrected chi connectivity index (χ1v) is 4.31. The summed E-state index contributed by atoms with van der Waals surface area (Å²) < 4.78 is 18.0. The van der Waals surface area contributed by atoms with Gasteiger partial charge >= 0.3 is 0 Å². The van der Waals surface area contributed by atoms with E-state index in [-0.39, 0.29) is 23.9 Å². The smallest absolute Gasteiger partial charge is 0.272 e. The van der Waals surface area contributed by atoms with Crippen molar-refractivity contribution in [2.24, 2.45) is 0 Å². The second kappa shape index (κ2) is 4.76. The molecule has 0 N–H and O–H groups in total. The van der Waals surface area contributed by atoms with Crippen molar-refractivity contribution in [3.05, 3.63) is 34.1 Å². The molecule has 0 fully saturated rings. The van der Waals surface area contributed by atoms with Gasteiger partial charge in [-0.1, -0.05) is 0 Å². The number of hydrogen-bond donors (Lipinski definition) is 0. The topological polar surface area (TPSA) is 52.4 Å². The van der Waals surface area contributed by atoms with Gasteiger partial charge in [0.15, 0.2) is 11.6 Å². The Bertz CT molecular complexity index is 345. The summed E-state index contributed by atoms with van der Waals surface area (Å²) in [6.07, 6.45) is 0. The van der Waals surface area contributed by atoms with E-state index in [4.69, 9.17) is 16.3 Å². The van der Waals surface area contributed by atoms with Gasteiger partial charge in [0.05, 0.1) is 16.9 Å². The minimum absolute atomic E-state index is 0.0312. The van der Waals surface area contributed by atoms with Crippen LogP contribution in [0.25, 0.3) is 0 Å². The third-order valence-electron chi connectivity index (χ3n) is 1.46. The summed E-state index contributed by atoms with van der Waals surface area (Å²) in [6, 6.07) is 3.19. The van der Waals surface area contributed by atoms with Crippen LogP contribution in [0.3, 0.4) is 0 Å².